The molecule has 0 saturated heterocycles. The van der Waals surface area contributed by atoms with Crippen molar-refractivity contribution < 1.29 is 9.90 Å². The number of aryl methyl sites for hydroxylation is 2. The number of phenolic OH excluding ortho intramolecular Hbond substituents is 1. The molecule has 0 bridgehead atoms. The molecule has 1 aromatic heterocycles. The number of aromatic nitrogens is 1. The van der Waals surface area contributed by atoms with E-state index in [4.69, 9.17) is 0 Å². The van der Waals surface area contributed by atoms with Gasteiger partial charge in [-0.25, -0.2) is 0 Å². The number of anilines is 1. The zero-order valence-corrected chi connectivity index (χ0v) is 10.8. The number of nitrogens with zero attached hydrogens (tertiary/aromatic N) is 1. The summed E-state index contributed by atoms with van der Waals surface area (Å²) in [5, 5.41) is 12.3. The highest BCUT2D eigenvalue weighted by molar-refractivity contribution is 5.91. The average Bonchev–Trinajstić information content (AvgIpc) is 2.42. The van der Waals surface area contributed by atoms with Crippen molar-refractivity contribution in [2.24, 2.45) is 0 Å². The van der Waals surface area contributed by atoms with Crippen LogP contribution >= 0.6 is 0 Å². The van der Waals surface area contributed by atoms with Crippen LogP contribution in [0.3, 0.4) is 0 Å². The molecule has 4 heteroatoms. The zero-order chi connectivity index (χ0) is 13.7. The first-order chi connectivity index (χ1) is 9.15. The van der Waals surface area contributed by atoms with Gasteiger partial charge in [-0.2, -0.15) is 0 Å². The largest absolute Gasteiger partial charge is 0.508 e. The van der Waals surface area contributed by atoms with Crippen molar-refractivity contribution in [3.8, 4) is 5.75 Å². The highest BCUT2D eigenvalue weighted by Gasteiger charge is 2.04. The van der Waals surface area contributed by atoms with Crippen molar-refractivity contribution in [3.05, 3.63) is 53.9 Å². The number of hydrogen-bond donors (Lipinski definition) is 2. The third-order valence-electron chi connectivity index (χ3n) is 2.88. The predicted molar refractivity (Wildman–Crippen MR) is 74.0 cm³/mol. The van der Waals surface area contributed by atoms with Gasteiger partial charge in [-0.15, -0.1) is 0 Å². The molecule has 19 heavy (non-hydrogen) atoms. The molecular formula is C15H16N2O2. The second-order valence-electron chi connectivity index (χ2n) is 4.40. The van der Waals surface area contributed by atoms with Gasteiger partial charge in [-0.3, -0.25) is 9.78 Å². The fourth-order valence-electron chi connectivity index (χ4n) is 1.72. The standard InChI is InChI=1S/C15H16N2O2/c1-11-2-4-13(10-14(11)18)17-15(19)5-3-12-6-8-16-9-7-12/h2,4,6-10,18H,3,5H2,1H3,(H,17,19). The Morgan fingerprint density at radius 2 is 2.00 bits per heavy atom. The van der Waals surface area contributed by atoms with E-state index >= 15 is 0 Å². The molecule has 4 nitrogen and oxygen atoms in total. The number of nitrogens with one attached hydrogen (secondary N) is 1. The topological polar surface area (TPSA) is 62.2 Å². The Hall–Kier alpha value is -2.36. The molecular weight excluding hydrogens is 240 g/mol. The molecule has 0 radical (unpaired) electrons. The fourth-order valence-corrected chi connectivity index (χ4v) is 1.72. The lowest BCUT2D eigenvalue weighted by molar-refractivity contribution is -0.116. The van der Waals surface area contributed by atoms with Crippen LogP contribution in [-0.2, 0) is 11.2 Å². The number of carbonyl (C=O) groups excluding carboxylic acids is 1. The average molecular weight is 256 g/mol. The number of benzene rings is 1. The first kappa shape index (κ1) is 13.1. The molecule has 0 fully saturated rings. The van der Waals surface area contributed by atoms with Crippen molar-refractivity contribution in [2.75, 3.05) is 5.32 Å². The highest BCUT2D eigenvalue weighted by atomic mass is 16.3. The number of phenols is 1. The van der Waals surface area contributed by atoms with Crippen molar-refractivity contribution in [3.63, 3.8) is 0 Å². The predicted octanol–water partition coefficient (Wildman–Crippen LogP) is 2.67. The third kappa shape index (κ3) is 3.81. The molecule has 0 aliphatic rings. The van der Waals surface area contributed by atoms with E-state index in [0.717, 1.165) is 11.1 Å². The van der Waals surface area contributed by atoms with E-state index in [0.29, 0.717) is 18.5 Å². The minimum Gasteiger partial charge on any atom is -0.508 e. The van der Waals surface area contributed by atoms with E-state index in [2.05, 4.69) is 10.3 Å². The summed E-state index contributed by atoms with van der Waals surface area (Å²) in [6.07, 6.45) is 4.50. The molecule has 0 atom stereocenters. The Kier molecular flexibility index (Phi) is 4.13. The second kappa shape index (κ2) is 6.00. The van der Waals surface area contributed by atoms with E-state index in [9.17, 15) is 9.90 Å². The summed E-state index contributed by atoms with van der Waals surface area (Å²) in [5.41, 5.74) is 2.48. The summed E-state index contributed by atoms with van der Waals surface area (Å²) in [6.45, 7) is 1.81. The van der Waals surface area contributed by atoms with Crippen molar-refractivity contribution in [2.45, 2.75) is 19.8 Å². The molecule has 0 unspecified atom stereocenters. The number of aromatic hydroxyl groups is 1. The monoisotopic (exact) mass is 256 g/mol. The smallest absolute Gasteiger partial charge is 0.224 e. The van der Waals surface area contributed by atoms with E-state index < -0.39 is 0 Å². The van der Waals surface area contributed by atoms with E-state index in [-0.39, 0.29) is 11.7 Å². The Labute approximate surface area is 112 Å². The first-order valence-electron chi connectivity index (χ1n) is 6.13. The van der Waals surface area contributed by atoms with Gasteiger partial charge in [0.1, 0.15) is 5.75 Å². The van der Waals surface area contributed by atoms with Gasteiger partial charge in [0.2, 0.25) is 5.91 Å². The lowest BCUT2D eigenvalue weighted by Crippen LogP contribution is -2.12. The summed E-state index contributed by atoms with van der Waals surface area (Å²) in [5.74, 6) is 0.118. The molecule has 98 valence electrons. The SMILES string of the molecule is Cc1ccc(NC(=O)CCc2ccncc2)cc1O. The van der Waals surface area contributed by atoms with Gasteiger partial charge >= 0.3 is 0 Å². The van der Waals surface area contributed by atoms with Crippen molar-refractivity contribution >= 4 is 11.6 Å². The number of pyridine rings is 1. The van der Waals surface area contributed by atoms with Crippen LogP contribution < -0.4 is 5.32 Å². The summed E-state index contributed by atoms with van der Waals surface area (Å²) >= 11 is 0. The van der Waals surface area contributed by atoms with Crippen LogP contribution in [0, 0.1) is 6.92 Å². The van der Waals surface area contributed by atoms with Crippen LogP contribution in [0.4, 0.5) is 5.69 Å². The van der Waals surface area contributed by atoms with Crippen LogP contribution in [0.2, 0.25) is 0 Å². The Bertz CT molecular complexity index is 568. The molecule has 2 N–H and O–H groups in total. The maximum Gasteiger partial charge on any atom is 0.224 e. The van der Waals surface area contributed by atoms with Gasteiger partial charge in [-0.05, 0) is 42.7 Å². The molecule has 0 aliphatic heterocycles. The van der Waals surface area contributed by atoms with E-state index in [1.54, 1.807) is 30.6 Å². The Balaban J connectivity index is 1.89. The zero-order valence-electron chi connectivity index (χ0n) is 10.8. The molecule has 0 saturated carbocycles. The maximum absolute atomic E-state index is 11.8. The fraction of sp³-hybridized carbons (Fsp3) is 0.200. The Morgan fingerprint density at radius 1 is 1.26 bits per heavy atom. The van der Waals surface area contributed by atoms with Crippen LogP contribution in [0.15, 0.2) is 42.7 Å². The van der Waals surface area contributed by atoms with Gasteiger partial charge in [0.25, 0.3) is 0 Å². The lowest BCUT2D eigenvalue weighted by Gasteiger charge is -2.07. The summed E-state index contributed by atoms with van der Waals surface area (Å²) in [7, 11) is 0. The quantitative estimate of drug-likeness (QED) is 0.884. The number of rotatable bonds is 4. The normalized spacial score (nSPS) is 10.2. The molecule has 2 aromatic rings. The number of hydrogen-bond acceptors (Lipinski definition) is 3. The van der Waals surface area contributed by atoms with Crippen LogP contribution in [0.5, 0.6) is 5.75 Å². The maximum atomic E-state index is 11.8. The van der Waals surface area contributed by atoms with Crippen LogP contribution in [0.1, 0.15) is 17.5 Å². The van der Waals surface area contributed by atoms with Gasteiger partial charge in [0.05, 0.1) is 0 Å². The lowest BCUT2D eigenvalue weighted by atomic mass is 10.1. The first-order valence-corrected chi connectivity index (χ1v) is 6.13. The van der Waals surface area contributed by atoms with Gasteiger partial charge in [0.15, 0.2) is 0 Å². The third-order valence-corrected chi connectivity index (χ3v) is 2.88. The van der Waals surface area contributed by atoms with Gasteiger partial charge in [-0.1, -0.05) is 6.07 Å². The van der Waals surface area contributed by atoms with Gasteiger partial charge in [0, 0.05) is 30.6 Å². The number of carbonyl (C=O) groups is 1. The minimum absolute atomic E-state index is 0.0694. The van der Waals surface area contributed by atoms with E-state index in [1.165, 1.54) is 0 Å². The molecule has 1 heterocycles. The molecule has 0 spiro atoms. The number of amides is 1. The van der Waals surface area contributed by atoms with Crippen LogP contribution in [-0.4, -0.2) is 16.0 Å². The highest BCUT2D eigenvalue weighted by Crippen LogP contribution is 2.20. The Morgan fingerprint density at radius 3 is 2.68 bits per heavy atom. The van der Waals surface area contributed by atoms with Crippen LogP contribution in [0.25, 0.3) is 0 Å². The minimum atomic E-state index is -0.0694. The summed E-state index contributed by atoms with van der Waals surface area (Å²) < 4.78 is 0. The molecule has 1 aromatic carbocycles. The molecule has 0 aliphatic carbocycles. The van der Waals surface area contributed by atoms with Crippen molar-refractivity contribution in [1.29, 1.82) is 0 Å². The second-order valence-corrected chi connectivity index (χ2v) is 4.40. The summed E-state index contributed by atoms with van der Waals surface area (Å²) in [4.78, 5) is 15.7. The van der Waals surface area contributed by atoms with Crippen molar-refractivity contribution in [1.82, 2.24) is 4.98 Å². The molecule has 2 rings (SSSR count). The molecule has 1 amide bonds. The summed E-state index contributed by atoms with van der Waals surface area (Å²) in [6, 6.07) is 8.89. The van der Waals surface area contributed by atoms with Gasteiger partial charge < -0.3 is 10.4 Å². The van der Waals surface area contributed by atoms with E-state index in [1.807, 2.05) is 19.1 Å².